The largest absolute Gasteiger partial charge is 0.322 e. The third-order valence-electron chi connectivity index (χ3n) is 5.30. The van der Waals surface area contributed by atoms with Gasteiger partial charge in [0.1, 0.15) is 5.82 Å². The van der Waals surface area contributed by atoms with Crippen molar-refractivity contribution in [3.63, 3.8) is 0 Å². The molecule has 0 unspecified atom stereocenters. The van der Waals surface area contributed by atoms with Crippen molar-refractivity contribution in [2.75, 3.05) is 18.4 Å². The molecule has 0 spiro atoms. The first kappa shape index (κ1) is 21.5. The van der Waals surface area contributed by atoms with Crippen molar-refractivity contribution in [2.24, 2.45) is 11.8 Å². The molecule has 7 heteroatoms. The number of sulfonamides is 1. The predicted octanol–water partition coefficient (Wildman–Crippen LogP) is 4.31. The molecule has 0 bridgehead atoms. The minimum atomic E-state index is -3.80. The zero-order valence-electron chi connectivity index (χ0n) is 17.0. The lowest BCUT2D eigenvalue weighted by atomic mass is 9.94. The minimum Gasteiger partial charge on any atom is -0.322 e. The van der Waals surface area contributed by atoms with Crippen molar-refractivity contribution in [1.29, 1.82) is 0 Å². The summed E-state index contributed by atoms with van der Waals surface area (Å²) in [5.74, 6) is -0.916. The van der Waals surface area contributed by atoms with E-state index < -0.39 is 21.7 Å². The molecule has 3 rings (SSSR count). The molecule has 0 saturated carbocycles. The van der Waals surface area contributed by atoms with E-state index in [9.17, 15) is 17.6 Å². The number of amides is 1. The Labute approximate surface area is 172 Å². The normalized spacial score (nSPS) is 20.4. The van der Waals surface area contributed by atoms with Gasteiger partial charge < -0.3 is 5.32 Å². The topological polar surface area (TPSA) is 66.5 Å². The summed E-state index contributed by atoms with van der Waals surface area (Å²) in [4.78, 5) is 12.6. The molecule has 156 valence electrons. The summed E-state index contributed by atoms with van der Waals surface area (Å²) in [5.41, 5.74) is 1.22. The van der Waals surface area contributed by atoms with Crippen LogP contribution in [0.25, 0.3) is 0 Å². The number of hydrogen-bond acceptors (Lipinski definition) is 3. The number of anilines is 1. The fourth-order valence-electron chi connectivity index (χ4n) is 3.93. The van der Waals surface area contributed by atoms with Crippen molar-refractivity contribution in [2.45, 2.75) is 38.5 Å². The Morgan fingerprint density at radius 2 is 1.79 bits per heavy atom. The van der Waals surface area contributed by atoms with E-state index in [1.807, 2.05) is 32.9 Å². The fraction of sp³-hybridized carbons (Fsp3) is 0.409. The van der Waals surface area contributed by atoms with Crippen LogP contribution < -0.4 is 5.32 Å². The number of para-hydroxylation sites is 1. The van der Waals surface area contributed by atoms with Crippen LogP contribution >= 0.6 is 0 Å². The number of halogens is 1. The van der Waals surface area contributed by atoms with Crippen molar-refractivity contribution >= 4 is 21.6 Å². The summed E-state index contributed by atoms with van der Waals surface area (Å²) in [6.07, 6.45) is 1.68. The second kappa shape index (κ2) is 8.63. The second-order valence-electron chi connectivity index (χ2n) is 7.87. The summed E-state index contributed by atoms with van der Waals surface area (Å²) in [5, 5.41) is 2.70. The van der Waals surface area contributed by atoms with Gasteiger partial charge in [0.25, 0.3) is 5.91 Å². The first-order chi connectivity index (χ1) is 13.7. The van der Waals surface area contributed by atoms with Crippen molar-refractivity contribution < 1.29 is 17.6 Å². The van der Waals surface area contributed by atoms with Crippen molar-refractivity contribution in [3.05, 3.63) is 59.4 Å². The van der Waals surface area contributed by atoms with Crippen LogP contribution in [-0.4, -0.2) is 31.7 Å². The van der Waals surface area contributed by atoms with Gasteiger partial charge in [0.15, 0.2) is 0 Å². The van der Waals surface area contributed by atoms with Gasteiger partial charge >= 0.3 is 0 Å². The molecule has 1 saturated heterocycles. The number of benzene rings is 2. The van der Waals surface area contributed by atoms with Crippen LogP contribution in [-0.2, 0) is 16.4 Å². The monoisotopic (exact) mass is 418 g/mol. The first-order valence-corrected chi connectivity index (χ1v) is 11.3. The molecule has 1 aliphatic heterocycles. The molecule has 1 aliphatic rings. The highest BCUT2D eigenvalue weighted by molar-refractivity contribution is 7.89. The highest BCUT2D eigenvalue weighted by atomic mass is 32.2. The highest BCUT2D eigenvalue weighted by Crippen LogP contribution is 2.28. The van der Waals surface area contributed by atoms with Crippen LogP contribution in [0.15, 0.2) is 47.4 Å². The Balaban J connectivity index is 1.90. The Bertz CT molecular complexity index is 997. The Hall–Kier alpha value is -2.25. The first-order valence-electron chi connectivity index (χ1n) is 9.91. The lowest BCUT2D eigenvalue weighted by molar-refractivity contribution is 0.102. The van der Waals surface area contributed by atoms with Crippen LogP contribution in [0.2, 0.25) is 0 Å². The number of hydrogen-bond donors (Lipinski definition) is 1. The SMILES string of the molecule is CCc1ccccc1NC(=O)c1cc(S(=O)(=O)N2C[C@H](C)C[C@@H](C)C2)ccc1F. The zero-order chi connectivity index (χ0) is 21.2. The predicted molar refractivity (Wildman–Crippen MR) is 112 cm³/mol. The maximum atomic E-state index is 14.4. The van der Waals surface area contributed by atoms with Gasteiger partial charge in [-0.1, -0.05) is 39.0 Å². The molecule has 0 aliphatic carbocycles. The molecule has 0 aromatic heterocycles. The third-order valence-corrected chi connectivity index (χ3v) is 7.13. The second-order valence-corrected chi connectivity index (χ2v) is 9.81. The van der Waals surface area contributed by atoms with Crippen molar-refractivity contribution in [3.8, 4) is 0 Å². The van der Waals surface area contributed by atoms with E-state index in [4.69, 9.17) is 0 Å². The molecule has 5 nitrogen and oxygen atoms in total. The van der Waals surface area contributed by atoms with Crippen LogP contribution in [0, 0.1) is 17.7 Å². The lowest BCUT2D eigenvalue weighted by Gasteiger charge is -2.34. The number of carbonyl (C=O) groups is 1. The fourth-order valence-corrected chi connectivity index (χ4v) is 5.64. The maximum absolute atomic E-state index is 14.4. The minimum absolute atomic E-state index is 0.0610. The molecular weight excluding hydrogens is 391 g/mol. The standard InChI is InChI=1S/C22H27FN2O3S/c1-4-17-7-5-6-8-21(17)24-22(26)19-12-18(9-10-20(19)23)29(27,28)25-13-15(2)11-16(3)14-25/h5-10,12,15-16H,4,11,13-14H2,1-3H3,(H,24,26)/t15-,16-/m1/s1. The molecule has 1 fully saturated rings. The Morgan fingerprint density at radius 3 is 2.45 bits per heavy atom. The summed E-state index contributed by atoms with van der Waals surface area (Å²) >= 11 is 0. The van der Waals surface area contributed by atoms with Gasteiger partial charge in [0.05, 0.1) is 10.5 Å². The molecule has 1 N–H and O–H groups in total. The zero-order valence-corrected chi connectivity index (χ0v) is 17.8. The number of nitrogens with one attached hydrogen (secondary N) is 1. The van der Waals surface area contributed by atoms with Gasteiger partial charge in [0.2, 0.25) is 10.0 Å². The van der Waals surface area contributed by atoms with Crippen LogP contribution in [0.1, 0.15) is 43.1 Å². The molecule has 2 aromatic carbocycles. The molecule has 29 heavy (non-hydrogen) atoms. The average molecular weight is 419 g/mol. The summed E-state index contributed by atoms with van der Waals surface area (Å²) < 4.78 is 42.0. The highest BCUT2D eigenvalue weighted by Gasteiger charge is 2.32. The molecule has 1 heterocycles. The van der Waals surface area contributed by atoms with Crippen LogP contribution in [0.5, 0.6) is 0 Å². The van der Waals surface area contributed by atoms with E-state index >= 15 is 0 Å². The van der Waals surface area contributed by atoms with Gasteiger partial charge in [0, 0.05) is 18.8 Å². The lowest BCUT2D eigenvalue weighted by Crippen LogP contribution is -2.42. The Morgan fingerprint density at radius 1 is 1.14 bits per heavy atom. The van der Waals surface area contributed by atoms with Gasteiger partial charge in [-0.25, -0.2) is 12.8 Å². The molecule has 2 atom stereocenters. The Kier molecular flexibility index (Phi) is 6.39. The molecule has 1 amide bonds. The van der Waals surface area contributed by atoms with Gasteiger partial charge in [-0.3, -0.25) is 4.79 Å². The number of nitrogens with zero attached hydrogens (tertiary/aromatic N) is 1. The van der Waals surface area contributed by atoms with Crippen molar-refractivity contribution in [1.82, 2.24) is 4.31 Å². The van der Waals surface area contributed by atoms with Gasteiger partial charge in [-0.05, 0) is 54.5 Å². The van der Waals surface area contributed by atoms with Crippen LogP contribution in [0.4, 0.5) is 10.1 Å². The smallest absolute Gasteiger partial charge is 0.258 e. The van der Waals surface area contributed by atoms with E-state index in [1.54, 1.807) is 12.1 Å². The number of piperidine rings is 1. The van der Waals surface area contributed by atoms with Gasteiger partial charge in [-0.15, -0.1) is 0 Å². The van der Waals surface area contributed by atoms with E-state index in [0.29, 0.717) is 25.2 Å². The maximum Gasteiger partial charge on any atom is 0.258 e. The molecule has 2 aromatic rings. The van der Waals surface area contributed by atoms with Gasteiger partial charge in [-0.2, -0.15) is 4.31 Å². The summed E-state index contributed by atoms with van der Waals surface area (Å²) in [6.45, 7) is 6.85. The van der Waals surface area contributed by atoms with E-state index in [0.717, 1.165) is 24.1 Å². The molecular formula is C22H27FN2O3S. The average Bonchev–Trinajstić information content (AvgIpc) is 2.67. The summed E-state index contributed by atoms with van der Waals surface area (Å²) in [6, 6.07) is 10.7. The van der Waals surface area contributed by atoms with Crippen LogP contribution in [0.3, 0.4) is 0 Å². The quantitative estimate of drug-likeness (QED) is 0.787. The number of rotatable bonds is 5. The molecule has 0 radical (unpaired) electrons. The van der Waals surface area contributed by atoms with E-state index in [-0.39, 0.29) is 22.3 Å². The summed E-state index contributed by atoms with van der Waals surface area (Å²) in [7, 11) is -3.80. The third kappa shape index (κ3) is 4.67. The van der Waals surface area contributed by atoms with E-state index in [1.165, 1.54) is 10.4 Å². The number of carbonyl (C=O) groups excluding carboxylic acids is 1. The van der Waals surface area contributed by atoms with E-state index in [2.05, 4.69) is 5.32 Å². The number of aryl methyl sites for hydroxylation is 1.